The number of nitrogens with zero attached hydrogens (tertiary/aromatic N) is 1. The van der Waals surface area contributed by atoms with Gasteiger partial charge < -0.3 is 5.11 Å². The summed E-state index contributed by atoms with van der Waals surface area (Å²) in [5.74, 6) is 4.68. The molecule has 0 bridgehead atoms. The molecule has 1 atom stereocenters. The van der Waals surface area contributed by atoms with Crippen molar-refractivity contribution < 1.29 is 14.8 Å². The van der Waals surface area contributed by atoms with E-state index in [-0.39, 0.29) is 6.42 Å². The monoisotopic (exact) mass is 325 g/mol. The minimum Gasteiger partial charge on any atom is -0.476 e. The Morgan fingerprint density at radius 2 is 1.43 bits per heavy atom. The molecule has 0 aliphatic carbocycles. The molecule has 132 valence electrons. The summed E-state index contributed by atoms with van der Waals surface area (Å²) in [5.41, 5.74) is 0. The Hall–Kier alpha value is -1.57. The lowest BCUT2D eigenvalue weighted by molar-refractivity contribution is -0.511. The second-order valence-corrected chi connectivity index (χ2v) is 5.96. The Labute approximate surface area is 140 Å². The van der Waals surface area contributed by atoms with E-state index in [1.54, 1.807) is 0 Å². The summed E-state index contributed by atoms with van der Waals surface area (Å²) < 4.78 is 0. The molecular weight excluding hydrogens is 294 g/mol. The molecule has 0 amide bonds. The number of rotatable bonds is 14. The molecule has 0 aliphatic rings. The Kier molecular flexibility index (Phi) is 14.3. The van der Waals surface area contributed by atoms with Gasteiger partial charge in [0, 0.05) is 24.2 Å². The molecule has 0 spiro atoms. The van der Waals surface area contributed by atoms with E-state index in [1.807, 2.05) is 0 Å². The van der Waals surface area contributed by atoms with E-state index >= 15 is 0 Å². The van der Waals surface area contributed by atoms with Crippen molar-refractivity contribution in [3.8, 4) is 11.8 Å². The average Bonchev–Trinajstić information content (AvgIpc) is 2.50. The molecule has 0 aromatic carbocycles. The average molecular weight is 325 g/mol. The maximum Gasteiger partial charge on any atom is 0.379 e. The number of carbonyl (C=O) groups is 1. The summed E-state index contributed by atoms with van der Waals surface area (Å²) in [7, 11) is 0. The molecule has 0 saturated heterocycles. The predicted molar refractivity (Wildman–Crippen MR) is 91.9 cm³/mol. The first-order valence-electron chi connectivity index (χ1n) is 8.91. The molecule has 23 heavy (non-hydrogen) atoms. The summed E-state index contributed by atoms with van der Waals surface area (Å²) in [4.78, 5) is 20.4. The fraction of sp³-hybridized carbons (Fsp3) is 0.833. The van der Waals surface area contributed by atoms with Gasteiger partial charge in [-0.25, -0.2) is 4.79 Å². The van der Waals surface area contributed by atoms with Crippen LogP contribution in [0.2, 0.25) is 0 Å². The van der Waals surface area contributed by atoms with Crippen molar-refractivity contribution in [3.05, 3.63) is 10.1 Å². The van der Waals surface area contributed by atoms with Crippen LogP contribution >= 0.6 is 0 Å². The van der Waals surface area contributed by atoms with E-state index in [0.717, 1.165) is 12.8 Å². The van der Waals surface area contributed by atoms with Crippen LogP contribution in [0.1, 0.15) is 90.4 Å². The van der Waals surface area contributed by atoms with Gasteiger partial charge in [-0.15, -0.1) is 11.8 Å². The molecule has 1 unspecified atom stereocenters. The lowest BCUT2D eigenvalue weighted by atomic mass is 10.1. The molecule has 0 aromatic heterocycles. The maximum absolute atomic E-state index is 10.6. The zero-order chi connectivity index (χ0) is 17.3. The highest BCUT2D eigenvalue weighted by atomic mass is 16.6. The van der Waals surface area contributed by atoms with E-state index in [2.05, 4.69) is 18.8 Å². The number of hydrogen-bond donors (Lipinski definition) is 1. The number of carboxylic acids is 1. The van der Waals surface area contributed by atoms with Crippen molar-refractivity contribution >= 4 is 5.97 Å². The highest BCUT2D eigenvalue weighted by Gasteiger charge is 2.27. The summed E-state index contributed by atoms with van der Waals surface area (Å²) in [6, 6.07) is -1.49. The third-order valence-electron chi connectivity index (χ3n) is 3.85. The quantitative estimate of drug-likeness (QED) is 0.215. The highest BCUT2D eigenvalue weighted by molar-refractivity contribution is 5.71. The molecule has 0 saturated carbocycles. The van der Waals surface area contributed by atoms with Gasteiger partial charge in [-0.05, 0) is 12.8 Å². The van der Waals surface area contributed by atoms with Gasteiger partial charge in [0.05, 0.1) is 0 Å². The van der Waals surface area contributed by atoms with Crippen LogP contribution in [0.4, 0.5) is 0 Å². The molecule has 0 fully saturated rings. The molecule has 0 radical (unpaired) electrons. The van der Waals surface area contributed by atoms with Gasteiger partial charge in [0.15, 0.2) is 0 Å². The normalized spacial score (nSPS) is 11.5. The van der Waals surface area contributed by atoms with E-state index in [1.165, 1.54) is 51.4 Å². The van der Waals surface area contributed by atoms with Gasteiger partial charge >= 0.3 is 12.0 Å². The van der Waals surface area contributed by atoms with Gasteiger partial charge in [0.2, 0.25) is 0 Å². The Bertz CT molecular complexity index is 370. The van der Waals surface area contributed by atoms with Crippen molar-refractivity contribution in [2.24, 2.45) is 0 Å². The van der Waals surface area contributed by atoms with Crippen LogP contribution in [0.3, 0.4) is 0 Å². The van der Waals surface area contributed by atoms with Gasteiger partial charge in [-0.1, -0.05) is 58.3 Å². The summed E-state index contributed by atoms with van der Waals surface area (Å²) >= 11 is 0. The van der Waals surface area contributed by atoms with Crippen LogP contribution in [0, 0.1) is 22.0 Å². The topological polar surface area (TPSA) is 80.4 Å². The van der Waals surface area contributed by atoms with Crippen LogP contribution in [0.5, 0.6) is 0 Å². The predicted octanol–water partition coefficient (Wildman–Crippen LogP) is 4.81. The molecule has 0 rings (SSSR count). The summed E-state index contributed by atoms with van der Waals surface area (Å²) in [6.45, 7) is 2.23. The second kappa shape index (κ2) is 15.3. The SMILES string of the molecule is CCCCCCCCCCCC#CCCCC(C(=O)O)[N+](=O)[O-]. The fourth-order valence-electron chi connectivity index (χ4n) is 2.40. The molecule has 0 aliphatic heterocycles. The van der Waals surface area contributed by atoms with E-state index in [0.29, 0.717) is 12.8 Å². The van der Waals surface area contributed by atoms with Gasteiger partial charge in [-0.3, -0.25) is 10.1 Å². The first kappa shape index (κ1) is 21.4. The Morgan fingerprint density at radius 3 is 1.91 bits per heavy atom. The van der Waals surface area contributed by atoms with Crippen LogP contribution < -0.4 is 0 Å². The number of aliphatic carboxylic acids is 1. The van der Waals surface area contributed by atoms with Gasteiger partial charge in [0.25, 0.3) is 0 Å². The van der Waals surface area contributed by atoms with Crippen molar-refractivity contribution in [2.45, 2.75) is 96.4 Å². The first-order chi connectivity index (χ1) is 11.1. The van der Waals surface area contributed by atoms with Gasteiger partial charge in [-0.2, -0.15) is 0 Å². The summed E-state index contributed by atoms with van der Waals surface area (Å²) in [6.07, 6.45) is 13.5. The van der Waals surface area contributed by atoms with E-state index in [9.17, 15) is 14.9 Å². The molecule has 1 N–H and O–H groups in total. The van der Waals surface area contributed by atoms with Crippen molar-refractivity contribution in [2.75, 3.05) is 0 Å². The second-order valence-electron chi connectivity index (χ2n) is 5.96. The fourth-order valence-corrected chi connectivity index (χ4v) is 2.40. The third kappa shape index (κ3) is 13.8. The standard InChI is InChI=1S/C18H31NO4/c1-2-3-4-5-6-7-8-9-10-11-12-13-14-15-16-17(18(20)21)19(22)23/h17H,2-11,14-16H2,1H3,(H,20,21). The van der Waals surface area contributed by atoms with Crippen LogP contribution in [0.25, 0.3) is 0 Å². The minimum absolute atomic E-state index is 0.0506. The number of unbranched alkanes of at least 4 members (excludes halogenated alkanes) is 10. The first-order valence-corrected chi connectivity index (χ1v) is 8.91. The minimum atomic E-state index is -1.49. The third-order valence-corrected chi connectivity index (χ3v) is 3.85. The largest absolute Gasteiger partial charge is 0.476 e. The van der Waals surface area contributed by atoms with Crippen LogP contribution in [-0.2, 0) is 4.79 Å². The number of hydrogen-bond acceptors (Lipinski definition) is 3. The zero-order valence-electron chi connectivity index (χ0n) is 14.4. The van der Waals surface area contributed by atoms with Crippen molar-refractivity contribution in [1.82, 2.24) is 0 Å². The molecule has 5 heteroatoms. The Morgan fingerprint density at radius 1 is 0.957 bits per heavy atom. The van der Waals surface area contributed by atoms with Crippen molar-refractivity contribution in [3.63, 3.8) is 0 Å². The molecule has 5 nitrogen and oxygen atoms in total. The maximum atomic E-state index is 10.6. The molecule has 0 aromatic rings. The van der Waals surface area contributed by atoms with E-state index in [4.69, 9.17) is 5.11 Å². The smallest absolute Gasteiger partial charge is 0.379 e. The van der Waals surface area contributed by atoms with Gasteiger partial charge in [0.1, 0.15) is 0 Å². The lowest BCUT2D eigenvalue weighted by Crippen LogP contribution is -2.28. The molecule has 0 heterocycles. The zero-order valence-corrected chi connectivity index (χ0v) is 14.4. The highest BCUT2D eigenvalue weighted by Crippen LogP contribution is 2.10. The van der Waals surface area contributed by atoms with E-state index < -0.39 is 16.9 Å². The van der Waals surface area contributed by atoms with Crippen LogP contribution in [0.15, 0.2) is 0 Å². The number of carboxylic acid groups (broad SMARTS) is 1. The molecular formula is C18H31NO4. The summed E-state index contributed by atoms with van der Waals surface area (Å²) in [5, 5.41) is 19.2. The number of nitro groups is 1. The lowest BCUT2D eigenvalue weighted by Gasteiger charge is -2.02. The van der Waals surface area contributed by atoms with Crippen LogP contribution in [-0.4, -0.2) is 22.0 Å². The Balaban J connectivity index is 3.43. The van der Waals surface area contributed by atoms with Crippen molar-refractivity contribution in [1.29, 1.82) is 0 Å².